The molecule has 0 fully saturated rings. The van der Waals surface area contributed by atoms with Crippen LogP contribution in [0.5, 0.6) is 5.75 Å². The Morgan fingerprint density at radius 1 is 1.05 bits per heavy atom. The van der Waals surface area contributed by atoms with Crippen LogP contribution >= 0.6 is 23.2 Å². The second-order valence-corrected chi connectivity index (χ2v) is 5.55. The third-order valence-corrected chi connectivity index (χ3v) is 4.18. The molecule has 2 rings (SSSR count). The molecule has 0 spiro atoms. The lowest BCUT2D eigenvalue weighted by Crippen LogP contribution is -2.01. The van der Waals surface area contributed by atoms with Gasteiger partial charge in [-0.1, -0.05) is 23.7 Å². The summed E-state index contributed by atoms with van der Waals surface area (Å²) in [4.78, 5) is 0. The molecule has 0 aliphatic heterocycles. The van der Waals surface area contributed by atoms with Crippen LogP contribution in [0.15, 0.2) is 30.3 Å². The molecule has 0 aliphatic carbocycles. The summed E-state index contributed by atoms with van der Waals surface area (Å²) < 4.78 is 19.1. The van der Waals surface area contributed by atoms with Crippen molar-refractivity contribution in [2.45, 2.75) is 19.2 Å². The zero-order valence-electron chi connectivity index (χ0n) is 11.5. The summed E-state index contributed by atoms with van der Waals surface area (Å²) in [6, 6.07) is 8.44. The van der Waals surface area contributed by atoms with Crippen LogP contribution in [0, 0.1) is 19.7 Å². The Kier molecular flexibility index (Phi) is 4.56. The zero-order chi connectivity index (χ0) is 14.9. The van der Waals surface area contributed by atoms with E-state index < -0.39 is 5.38 Å². The van der Waals surface area contributed by atoms with Gasteiger partial charge in [-0.2, -0.15) is 0 Å². The van der Waals surface area contributed by atoms with Gasteiger partial charge in [-0.05, 0) is 42.7 Å². The highest BCUT2D eigenvalue weighted by atomic mass is 35.5. The largest absolute Gasteiger partial charge is 0.497 e. The van der Waals surface area contributed by atoms with E-state index in [1.54, 1.807) is 12.1 Å². The van der Waals surface area contributed by atoms with Gasteiger partial charge < -0.3 is 4.74 Å². The number of rotatable bonds is 3. The Morgan fingerprint density at radius 2 is 1.75 bits per heavy atom. The number of ether oxygens (including phenoxy) is 1. The van der Waals surface area contributed by atoms with Gasteiger partial charge in [-0.15, -0.1) is 11.6 Å². The minimum Gasteiger partial charge on any atom is -0.497 e. The first-order valence-corrected chi connectivity index (χ1v) is 6.99. The fraction of sp³-hybridized carbons (Fsp3) is 0.250. The van der Waals surface area contributed by atoms with Crippen LogP contribution in [0.1, 0.15) is 27.6 Å². The van der Waals surface area contributed by atoms with Crippen LogP contribution in [-0.4, -0.2) is 7.11 Å². The fourth-order valence-electron chi connectivity index (χ4n) is 2.08. The number of methoxy groups -OCH3 is 1. The van der Waals surface area contributed by atoms with Gasteiger partial charge in [0.05, 0.1) is 12.5 Å². The van der Waals surface area contributed by atoms with Crippen molar-refractivity contribution in [2.24, 2.45) is 0 Å². The molecule has 106 valence electrons. The SMILES string of the molecule is COc1ccc(C(Cl)c2cc(C)c(Cl)cc2C)c(F)c1. The van der Waals surface area contributed by atoms with Gasteiger partial charge in [0.15, 0.2) is 0 Å². The van der Waals surface area contributed by atoms with E-state index in [0.29, 0.717) is 16.3 Å². The Morgan fingerprint density at radius 3 is 2.35 bits per heavy atom. The van der Waals surface area contributed by atoms with Crippen LogP contribution in [0.2, 0.25) is 5.02 Å². The van der Waals surface area contributed by atoms with Crippen molar-refractivity contribution in [2.75, 3.05) is 7.11 Å². The lowest BCUT2D eigenvalue weighted by atomic mass is 9.97. The first-order valence-electron chi connectivity index (χ1n) is 6.18. The molecule has 1 nitrogen and oxygen atoms in total. The fourth-order valence-corrected chi connectivity index (χ4v) is 2.71. The summed E-state index contributed by atoms with van der Waals surface area (Å²) in [6.45, 7) is 3.82. The van der Waals surface area contributed by atoms with Crippen LogP contribution in [-0.2, 0) is 0 Å². The second-order valence-electron chi connectivity index (χ2n) is 4.71. The molecule has 2 aromatic carbocycles. The predicted molar refractivity (Wildman–Crippen MR) is 81.6 cm³/mol. The highest BCUT2D eigenvalue weighted by molar-refractivity contribution is 6.31. The van der Waals surface area contributed by atoms with Crippen LogP contribution in [0.4, 0.5) is 4.39 Å². The first kappa shape index (κ1) is 15.1. The van der Waals surface area contributed by atoms with Gasteiger partial charge in [-0.25, -0.2) is 4.39 Å². The van der Waals surface area contributed by atoms with E-state index in [1.807, 2.05) is 26.0 Å². The molecule has 1 atom stereocenters. The normalized spacial score (nSPS) is 12.3. The highest BCUT2D eigenvalue weighted by Gasteiger charge is 2.18. The van der Waals surface area contributed by atoms with Crippen molar-refractivity contribution in [3.63, 3.8) is 0 Å². The average Bonchev–Trinajstić information content (AvgIpc) is 2.42. The molecule has 0 amide bonds. The maximum atomic E-state index is 14.1. The summed E-state index contributed by atoms with van der Waals surface area (Å²) in [5, 5.41) is 0.127. The maximum Gasteiger partial charge on any atom is 0.131 e. The van der Waals surface area contributed by atoms with Gasteiger partial charge in [0.25, 0.3) is 0 Å². The quantitative estimate of drug-likeness (QED) is 0.686. The van der Waals surface area contributed by atoms with Crippen molar-refractivity contribution in [3.8, 4) is 5.75 Å². The number of halogens is 3. The molecular weight excluding hydrogens is 298 g/mol. The van der Waals surface area contributed by atoms with E-state index in [9.17, 15) is 4.39 Å². The van der Waals surface area contributed by atoms with E-state index in [2.05, 4.69) is 0 Å². The number of benzene rings is 2. The summed E-state index contributed by atoms with van der Waals surface area (Å²) >= 11 is 12.5. The minimum absolute atomic E-state index is 0.378. The van der Waals surface area contributed by atoms with Crippen molar-refractivity contribution in [1.29, 1.82) is 0 Å². The number of alkyl halides is 1. The van der Waals surface area contributed by atoms with E-state index in [1.165, 1.54) is 13.2 Å². The van der Waals surface area contributed by atoms with E-state index in [4.69, 9.17) is 27.9 Å². The monoisotopic (exact) mass is 312 g/mol. The molecule has 0 aromatic heterocycles. The summed E-state index contributed by atoms with van der Waals surface area (Å²) in [5.74, 6) is 0.0930. The molecule has 0 radical (unpaired) electrons. The molecule has 0 heterocycles. The third kappa shape index (κ3) is 2.92. The molecule has 0 bridgehead atoms. The Labute approximate surface area is 128 Å². The van der Waals surface area contributed by atoms with Crippen molar-refractivity contribution in [1.82, 2.24) is 0 Å². The average molecular weight is 313 g/mol. The van der Waals surface area contributed by atoms with Crippen LogP contribution in [0.3, 0.4) is 0 Å². The summed E-state index contributed by atoms with van der Waals surface area (Å²) in [6.07, 6.45) is 0. The lowest BCUT2D eigenvalue weighted by molar-refractivity contribution is 0.410. The number of aryl methyl sites for hydroxylation is 2. The van der Waals surface area contributed by atoms with Gasteiger partial charge in [0.2, 0.25) is 0 Å². The van der Waals surface area contributed by atoms with Gasteiger partial charge in [0, 0.05) is 16.7 Å². The van der Waals surface area contributed by atoms with Crippen molar-refractivity contribution in [3.05, 3.63) is 63.4 Å². The molecule has 20 heavy (non-hydrogen) atoms. The standard InChI is InChI=1S/C16H15Cl2FO/c1-9-7-14(17)10(2)6-13(9)16(18)12-5-4-11(20-3)8-15(12)19/h4-8,16H,1-3H3. The maximum absolute atomic E-state index is 14.1. The Balaban J connectivity index is 2.46. The van der Waals surface area contributed by atoms with E-state index in [0.717, 1.165) is 16.7 Å². The predicted octanol–water partition coefficient (Wildman–Crippen LogP) is 5.43. The summed E-state index contributed by atoms with van der Waals surface area (Å²) in [5.41, 5.74) is 3.15. The van der Waals surface area contributed by atoms with Crippen molar-refractivity contribution >= 4 is 23.2 Å². The van der Waals surface area contributed by atoms with Gasteiger partial charge >= 0.3 is 0 Å². The van der Waals surface area contributed by atoms with E-state index >= 15 is 0 Å². The molecule has 4 heteroatoms. The third-order valence-electron chi connectivity index (χ3n) is 3.30. The molecule has 0 saturated heterocycles. The van der Waals surface area contributed by atoms with Crippen LogP contribution in [0.25, 0.3) is 0 Å². The number of hydrogen-bond donors (Lipinski definition) is 0. The summed E-state index contributed by atoms with van der Waals surface area (Å²) in [7, 11) is 1.50. The minimum atomic E-state index is -0.558. The van der Waals surface area contributed by atoms with Gasteiger partial charge in [-0.3, -0.25) is 0 Å². The molecule has 0 N–H and O–H groups in total. The molecule has 1 unspecified atom stereocenters. The molecule has 2 aromatic rings. The lowest BCUT2D eigenvalue weighted by Gasteiger charge is -2.16. The van der Waals surface area contributed by atoms with Crippen LogP contribution < -0.4 is 4.74 Å². The molecule has 0 aliphatic rings. The second kappa shape index (κ2) is 6.02. The Bertz CT molecular complexity index is 641. The highest BCUT2D eigenvalue weighted by Crippen LogP contribution is 2.35. The number of hydrogen-bond acceptors (Lipinski definition) is 1. The first-order chi connectivity index (χ1) is 9.43. The molecular formula is C16H15Cl2FO. The smallest absolute Gasteiger partial charge is 0.131 e. The van der Waals surface area contributed by atoms with Gasteiger partial charge in [0.1, 0.15) is 11.6 Å². The van der Waals surface area contributed by atoms with Crippen molar-refractivity contribution < 1.29 is 9.13 Å². The topological polar surface area (TPSA) is 9.23 Å². The zero-order valence-corrected chi connectivity index (χ0v) is 13.0. The Hall–Kier alpha value is -1.25. The van der Waals surface area contributed by atoms with E-state index in [-0.39, 0.29) is 5.82 Å². The molecule has 0 saturated carbocycles.